The summed E-state index contributed by atoms with van der Waals surface area (Å²) in [6.07, 6.45) is 0.652. The van der Waals surface area contributed by atoms with Gasteiger partial charge in [0.25, 0.3) is 0 Å². The highest BCUT2D eigenvalue weighted by atomic mass is 19.1. The summed E-state index contributed by atoms with van der Waals surface area (Å²) in [6, 6.07) is 3.16. The summed E-state index contributed by atoms with van der Waals surface area (Å²) in [5.74, 6) is -0.199. The summed E-state index contributed by atoms with van der Waals surface area (Å²) in [6.45, 7) is 3.78. The van der Waals surface area contributed by atoms with Gasteiger partial charge in [-0.15, -0.1) is 0 Å². The number of anilines is 1. The predicted octanol–water partition coefficient (Wildman–Crippen LogP) is 2.28. The third kappa shape index (κ3) is 1.34. The van der Waals surface area contributed by atoms with Crippen molar-refractivity contribution in [3.8, 4) is 0 Å². The molecule has 2 heteroatoms. The fourth-order valence-corrected chi connectivity index (χ4v) is 1.11. The molecule has 0 unspecified atom stereocenters. The van der Waals surface area contributed by atoms with Crippen LogP contribution in [-0.4, -0.2) is 0 Å². The van der Waals surface area contributed by atoms with Crippen LogP contribution in [0.25, 0.3) is 0 Å². The van der Waals surface area contributed by atoms with Crippen molar-refractivity contribution >= 4 is 5.69 Å². The van der Waals surface area contributed by atoms with Gasteiger partial charge >= 0.3 is 0 Å². The van der Waals surface area contributed by atoms with E-state index in [1.54, 1.807) is 6.07 Å². The molecule has 0 saturated carbocycles. The van der Waals surface area contributed by atoms with E-state index in [2.05, 4.69) is 0 Å². The van der Waals surface area contributed by atoms with Crippen LogP contribution in [-0.2, 0) is 6.42 Å². The van der Waals surface area contributed by atoms with Crippen molar-refractivity contribution < 1.29 is 4.39 Å². The Hall–Kier alpha value is -1.05. The van der Waals surface area contributed by atoms with E-state index in [1.807, 2.05) is 13.8 Å². The number of nitrogen functional groups attached to an aromatic ring is 1. The zero-order valence-electron chi connectivity index (χ0n) is 6.82. The lowest BCUT2D eigenvalue weighted by Crippen LogP contribution is -1.98. The van der Waals surface area contributed by atoms with Crippen molar-refractivity contribution in [2.45, 2.75) is 20.3 Å². The highest BCUT2D eigenvalue weighted by molar-refractivity contribution is 5.53. The van der Waals surface area contributed by atoms with Crippen LogP contribution in [0.2, 0.25) is 0 Å². The van der Waals surface area contributed by atoms with E-state index in [1.165, 1.54) is 6.07 Å². The Balaban J connectivity index is 3.29. The van der Waals surface area contributed by atoms with Gasteiger partial charge in [0.1, 0.15) is 5.82 Å². The highest BCUT2D eigenvalue weighted by Crippen LogP contribution is 2.20. The second-order valence-corrected chi connectivity index (χ2v) is 2.61. The minimum Gasteiger partial charge on any atom is -0.398 e. The lowest BCUT2D eigenvalue weighted by Gasteiger charge is -2.06. The van der Waals surface area contributed by atoms with Gasteiger partial charge in [0.15, 0.2) is 0 Å². The maximum Gasteiger partial charge on any atom is 0.128 e. The van der Waals surface area contributed by atoms with Gasteiger partial charge in [-0.3, -0.25) is 0 Å². The van der Waals surface area contributed by atoms with Gasteiger partial charge in [-0.1, -0.05) is 13.0 Å². The van der Waals surface area contributed by atoms with Crippen molar-refractivity contribution in [1.29, 1.82) is 0 Å². The summed E-state index contributed by atoms with van der Waals surface area (Å²) >= 11 is 0. The molecule has 0 aromatic heterocycles. The Kier molecular flexibility index (Phi) is 2.13. The molecule has 0 aliphatic heterocycles. The van der Waals surface area contributed by atoms with Crippen LogP contribution in [0.5, 0.6) is 0 Å². The normalized spacial score (nSPS) is 10.1. The average molecular weight is 153 g/mol. The summed E-state index contributed by atoms with van der Waals surface area (Å²) in [5, 5.41) is 0. The highest BCUT2D eigenvalue weighted by Gasteiger charge is 2.05. The number of aryl methyl sites for hydroxylation is 1. The molecule has 1 aromatic rings. The third-order valence-electron chi connectivity index (χ3n) is 1.87. The molecule has 0 saturated heterocycles. The summed E-state index contributed by atoms with van der Waals surface area (Å²) < 4.78 is 13.0. The van der Waals surface area contributed by atoms with Gasteiger partial charge in [-0.2, -0.15) is 0 Å². The van der Waals surface area contributed by atoms with E-state index < -0.39 is 0 Å². The maximum atomic E-state index is 13.0. The average Bonchev–Trinajstić information content (AvgIpc) is 1.99. The van der Waals surface area contributed by atoms with E-state index in [9.17, 15) is 4.39 Å². The minimum atomic E-state index is -0.199. The predicted molar refractivity (Wildman–Crippen MR) is 44.9 cm³/mol. The third-order valence-corrected chi connectivity index (χ3v) is 1.87. The molecule has 0 heterocycles. The maximum absolute atomic E-state index is 13.0. The van der Waals surface area contributed by atoms with Gasteiger partial charge in [0.2, 0.25) is 0 Å². The lowest BCUT2D eigenvalue weighted by atomic mass is 10.1. The van der Waals surface area contributed by atoms with Crippen LogP contribution >= 0.6 is 0 Å². The van der Waals surface area contributed by atoms with Crippen molar-refractivity contribution in [3.63, 3.8) is 0 Å². The number of hydrogen-bond donors (Lipinski definition) is 1. The molecule has 0 aliphatic rings. The van der Waals surface area contributed by atoms with E-state index in [-0.39, 0.29) is 5.82 Å². The quantitative estimate of drug-likeness (QED) is 0.615. The first-order valence-corrected chi connectivity index (χ1v) is 3.70. The molecule has 0 spiro atoms. The summed E-state index contributed by atoms with van der Waals surface area (Å²) in [4.78, 5) is 0. The lowest BCUT2D eigenvalue weighted by molar-refractivity contribution is 0.613. The number of halogens is 1. The molecule has 11 heavy (non-hydrogen) atoms. The van der Waals surface area contributed by atoms with Gasteiger partial charge in [-0.05, 0) is 25.0 Å². The van der Waals surface area contributed by atoms with E-state index in [0.29, 0.717) is 17.7 Å². The molecule has 1 rings (SSSR count). The standard InChI is InChI=1S/C9H12FN/c1-3-7-8(10)5-4-6(2)9(7)11/h4-5H,3,11H2,1-2H3. The number of nitrogens with two attached hydrogens (primary N) is 1. The monoisotopic (exact) mass is 153 g/mol. The van der Waals surface area contributed by atoms with Crippen LogP contribution in [0.3, 0.4) is 0 Å². The number of benzene rings is 1. The van der Waals surface area contributed by atoms with Crippen LogP contribution in [0.1, 0.15) is 18.1 Å². The Bertz CT molecular complexity index is 269. The molecule has 0 fully saturated rings. The molecule has 0 atom stereocenters. The summed E-state index contributed by atoms with van der Waals surface area (Å²) in [5.41, 5.74) is 7.82. The van der Waals surface area contributed by atoms with Crippen LogP contribution < -0.4 is 5.73 Å². The van der Waals surface area contributed by atoms with Gasteiger partial charge in [-0.25, -0.2) is 4.39 Å². The number of rotatable bonds is 1. The summed E-state index contributed by atoms with van der Waals surface area (Å²) in [7, 11) is 0. The first kappa shape index (κ1) is 8.05. The molecular formula is C9H12FN. The Labute approximate surface area is 66.0 Å². The molecule has 0 aliphatic carbocycles. The van der Waals surface area contributed by atoms with E-state index in [0.717, 1.165) is 5.56 Å². The van der Waals surface area contributed by atoms with Crippen molar-refractivity contribution in [2.24, 2.45) is 0 Å². The fourth-order valence-electron chi connectivity index (χ4n) is 1.11. The van der Waals surface area contributed by atoms with Crippen molar-refractivity contribution in [3.05, 3.63) is 29.1 Å². The molecule has 0 amide bonds. The first-order valence-electron chi connectivity index (χ1n) is 3.70. The van der Waals surface area contributed by atoms with Gasteiger partial charge in [0.05, 0.1) is 0 Å². The molecule has 0 radical (unpaired) electrons. The molecule has 1 nitrogen and oxygen atoms in total. The number of hydrogen-bond acceptors (Lipinski definition) is 1. The van der Waals surface area contributed by atoms with Crippen molar-refractivity contribution in [1.82, 2.24) is 0 Å². The van der Waals surface area contributed by atoms with E-state index >= 15 is 0 Å². The molecule has 60 valence electrons. The van der Waals surface area contributed by atoms with E-state index in [4.69, 9.17) is 5.73 Å². The minimum absolute atomic E-state index is 0.199. The van der Waals surface area contributed by atoms with Crippen LogP contribution in [0, 0.1) is 12.7 Å². The molecule has 0 bridgehead atoms. The largest absolute Gasteiger partial charge is 0.398 e. The van der Waals surface area contributed by atoms with Gasteiger partial charge < -0.3 is 5.73 Å². The SMILES string of the molecule is CCc1c(F)ccc(C)c1N. The van der Waals surface area contributed by atoms with Gasteiger partial charge in [0, 0.05) is 11.3 Å². The fraction of sp³-hybridized carbons (Fsp3) is 0.333. The van der Waals surface area contributed by atoms with Crippen LogP contribution in [0.4, 0.5) is 10.1 Å². The smallest absolute Gasteiger partial charge is 0.128 e. The Morgan fingerprint density at radius 3 is 2.55 bits per heavy atom. The zero-order valence-corrected chi connectivity index (χ0v) is 6.82. The first-order chi connectivity index (χ1) is 5.16. The van der Waals surface area contributed by atoms with Crippen LogP contribution in [0.15, 0.2) is 12.1 Å². The zero-order chi connectivity index (χ0) is 8.43. The second-order valence-electron chi connectivity index (χ2n) is 2.61. The molecule has 1 aromatic carbocycles. The second kappa shape index (κ2) is 2.91. The molecular weight excluding hydrogens is 141 g/mol. The Morgan fingerprint density at radius 2 is 2.09 bits per heavy atom. The van der Waals surface area contributed by atoms with Crippen molar-refractivity contribution in [2.75, 3.05) is 5.73 Å². The molecule has 2 N–H and O–H groups in total. The topological polar surface area (TPSA) is 26.0 Å². The Morgan fingerprint density at radius 1 is 1.45 bits per heavy atom.